The molecule has 0 spiro atoms. The Kier molecular flexibility index (Phi) is 4.88. The zero-order valence-electron chi connectivity index (χ0n) is 12.2. The monoisotopic (exact) mass is 280 g/mol. The minimum Gasteiger partial charge on any atom is -0.384 e. The molecule has 2 aromatic carbocycles. The van der Waals surface area contributed by atoms with E-state index in [1.807, 2.05) is 48.5 Å². The predicted molar refractivity (Wildman–Crippen MR) is 85.9 cm³/mol. The highest BCUT2D eigenvalue weighted by Gasteiger charge is 2.00. The van der Waals surface area contributed by atoms with Crippen molar-refractivity contribution in [3.63, 3.8) is 0 Å². The average Bonchev–Trinajstić information content (AvgIpc) is 2.48. The summed E-state index contributed by atoms with van der Waals surface area (Å²) in [7, 11) is 0. The Morgan fingerprint density at radius 3 is 1.71 bits per heavy atom. The van der Waals surface area contributed by atoms with Gasteiger partial charge in [-0.05, 0) is 37.3 Å². The van der Waals surface area contributed by atoms with Crippen LogP contribution < -0.4 is 5.73 Å². The summed E-state index contributed by atoms with van der Waals surface area (Å²) < 4.78 is 0. The highest BCUT2D eigenvalue weighted by Crippen LogP contribution is 2.11. The Hall–Kier alpha value is -2.42. The highest BCUT2D eigenvalue weighted by molar-refractivity contribution is 5.95. The lowest BCUT2D eigenvalue weighted by atomic mass is 10.0. The van der Waals surface area contributed by atoms with Gasteiger partial charge in [0.15, 0.2) is 5.78 Å². The third-order valence-corrected chi connectivity index (χ3v) is 3.56. The number of carbonyl (C=O) groups excluding carboxylic acids is 1. The van der Waals surface area contributed by atoms with Gasteiger partial charge in [0.05, 0.1) is 0 Å². The van der Waals surface area contributed by atoms with Gasteiger partial charge in [0.25, 0.3) is 0 Å². The summed E-state index contributed by atoms with van der Waals surface area (Å²) in [6, 6.07) is 15.6. The first-order chi connectivity index (χ1) is 10.1. The van der Waals surface area contributed by atoms with E-state index in [2.05, 4.69) is 0 Å². The zero-order chi connectivity index (χ0) is 15.2. The van der Waals surface area contributed by atoms with Gasteiger partial charge in [-0.3, -0.25) is 10.2 Å². The van der Waals surface area contributed by atoms with E-state index in [1.54, 1.807) is 6.92 Å². The maximum atomic E-state index is 11.2. The van der Waals surface area contributed by atoms with Crippen molar-refractivity contribution in [2.24, 2.45) is 5.73 Å². The molecule has 2 rings (SSSR count). The minimum absolute atomic E-state index is 0.104. The van der Waals surface area contributed by atoms with E-state index in [0.29, 0.717) is 0 Å². The van der Waals surface area contributed by atoms with Crippen molar-refractivity contribution in [1.82, 2.24) is 0 Å². The summed E-state index contributed by atoms with van der Waals surface area (Å²) in [4.78, 5) is 11.2. The van der Waals surface area contributed by atoms with Crippen molar-refractivity contribution in [2.45, 2.75) is 26.2 Å². The summed E-state index contributed by atoms with van der Waals surface area (Å²) in [5, 5.41) is 7.36. The number of nitrogen functional groups attached to an aromatic ring is 1. The molecule has 21 heavy (non-hydrogen) atoms. The molecule has 2 aromatic rings. The van der Waals surface area contributed by atoms with Gasteiger partial charge in [-0.1, -0.05) is 48.5 Å². The van der Waals surface area contributed by atoms with Crippen molar-refractivity contribution in [3.05, 3.63) is 70.8 Å². The van der Waals surface area contributed by atoms with Crippen LogP contribution in [0.5, 0.6) is 0 Å². The van der Waals surface area contributed by atoms with Crippen LogP contribution in [0.25, 0.3) is 0 Å². The Morgan fingerprint density at radius 2 is 1.33 bits per heavy atom. The second-order valence-corrected chi connectivity index (χ2v) is 5.22. The molecule has 3 N–H and O–H groups in total. The van der Waals surface area contributed by atoms with Gasteiger partial charge in [0.2, 0.25) is 0 Å². The van der Waals surface area contributed by atoms with Crippen molar-refractivity contribution in [3.8, 4) is 0 Å². The number of amidine groups is 1. The molecular formula is C18H20N2O. The van der Waals surface area contributed by atoms with Gasteiger partial charge in [-0.2, -0.15) is 0 Å². The summed E-state index contributed by atoms with van der Waals surface area (Å²) in [6.07, 6.45) is 3.04. The number of nitrogens with one attached hydrogen (secondary N) is 1. The molecule has 0 aromatic heterocycles. The van der Waals surface area contributed by atoms with Crippen LogP contribution in [0.3, 0.4) is 0 Å². The first kappa shape index (κ1) is 15.0. The second-order valence-electron chi connectivity index (χ2n) is 5.22. The second kappa shape index (κ2) is 6.84. The van der Waals surface area contributed by atoms with E-state index in [1.165, 1.54) is 11.1 Å². The first-order valence-electron chi connectivity index (χ1n) is 7.09. The topological polar surface area (TPSA) is 66.9 Å². The van der Waals surface area contributed by atoms with Crippen molar-refractivity contribution in [2.75, 3.05) is 0 Å². The molecule has 0 aliphatic carbocycles. The number of rotatable bonds is 6. The summed E-state index contributed by atoms with van der Waals surface area (Å²) in [5.41, 5.74) is 9.46. The van der Waals surface area contributed by atoms with Crippen LogP contribution >= 0.6 is 0 Å². The number of nitrogens with two attached hydrogens (primary N) is 1. The van der Waals surface area contributed by atoms with Crippen LogP contribution in [-0.4, -0.2) is 11.6 Å². The summed E-state index contributed by atoms with van der Waals surface area (Å²) in [5.74, 6) is 0.208. The number of carbonyl (C=O) groups is 1. The quantitative estimate of drug-likeness (QED) is 0.484. The number of hydrogen-bond donors (Lipinski definition) is 2. The van der Waals surface area contributed by atoms with Gasteiger partial charge in [0.1, 0.15) is 5.84 Å². The highest BCUT2D eigenvalue weighted by atomic mass is 16.1. The maximum Gasteiger partial charge on any atom is 0.159 e. The lowest BCUT2D eigenvalue weighted by molar-refractivity contribution is 0.101. The molecule has 0 saturated heterocycles. The molecule has 3 heteroatoms. The van der Waals surface area contributed by atoms with E-state index >= 15 is 0 Å². The molecule has 108 valence electrons. The number of Topliss-reactive ketones (excluding diaryl/α,β-unsaturated/α-hetero) is 1. The van der Waals surface area contributed by atoms with E-state index in [-0.39, 0.29) is 11.6 Å². The smallest absolute Gasteiger partial charge is 0.159 e. The van der Waals surface area contributed by atoms with Crippen molar-refractivity contribution in [1.29, 1.82) is 5.41 Å². The Balaban J connectivity index is 1.86. The van der Waals surface area contributed by atoms with Crippen LogP contribution in [0.2, 0.25) is 0 Å². The number of aryl methyl sites for hydroxylation is 2. The van der Waals surface area contributed by atoms with Gasteiger partial charge < -0.3 is 5.73 Å². The largest absolute Gasteiger partial charge is 0.384 e. The van der Waals surface area contributed by atoms with E-state index in [9.17, 15) is 4.79 Å². The number of ketones is 1. The van der Waals surface area contributed by atoms with E-state index in [4.69, 9.17) is 11.1 Å². The molecule has 0 heterocycles. The van der Waals surface area contributed by atoms with Crippen molar-refractivity contribution >= 4 is 11.6 Å². The SMILES string of the molecule is CC(=O)c1ccc(CCCc2ccc(C(=N)N)cc2)cc1. The molecule has 0 aliphatic rings. The van der Waals surface area contributed by atoms with Crippen LogP contribution in [0.15, 0.2) is 48.5 Å². The van der Waals surface area contributed by atoms with Crippen LogP contribution in [0.4, 0.5) is 0 Å². The van der Waals surface area contributed by atoms with Gasteiger partial charge in [-0.15, -0.1) is 0 Å². The zero-order valence-corrected chi connectivity index (χ0v) is 12.2. The van der Waals surface area contributed by atoms with Crippen LogP contribution in [0, 0.1) is 5.41 Å². The fraction of sp³-hybridized carbons (Fsp3) is 0.222. The fourth-order valence-corrected chi connectivity index (χ4v) is 2.25. The summed E-state index contributed by atoms with van der Waals surface area (Å²) in [6.45, 7) is 1.58. The third-order valence-electron chi connectivity index (χ3n) is 3.56. The molecule has 0 fully saturated rings. The molecule has 0 aliphatic heterocycles. The third kappa shape index (κ3) is 4.28. The number of benzene rings is 2. The standard InChI is InChI=1S/C18H20N2O/c1-13(21)16-9-5-14(6-10-16)3-2-4-15-7-11-17(12-8-15)18(19)20/h5-12H,2-4H2,1H3,(H3,19,20). The van der Waals surface area contributed by atoms with Gasteiger partial charge >= 0.3 is 0 Å². The predicted octanol–water partition coefficient (Wildman–Crippen LogP) is 3.35. The summed E-state index contributed by atoms with van der Waals surface area (Å²) >= 11 is 0. The first-order valence-corrected chi connectivity index (χ1v) is 7.09. The molecule has 3 nitrogen and oxygen atoms in total. The normalized spacial score (nSPS) is 10.3. The van der Waals surface area contributed by atoms with E-state index < -0.39 is 0 Å². The van der Waals surface area contributed by atoms with E-state index in [0.717, 1.165) is 30.4 Å². The average molecular weight is 280 g/mol. The fourth-order valence-electron chi connectivity index (χ4n) is 2.25. The molecular weight excluding hydrogens is 260 g/mol. The number of hydrogen-bond acceptors (Lipinski definition) is 2. The molecule has 0 bridgehead atoms. The lowest BCUT2D eigenvalue weighted by Gasteiger charge is -2.04. The maximum absolute atomic E-state index is 11.2. The minimum atomic E-state index is 0.104. The Morgan fingerprint density at radius 1 is 0.905 bits per heavy atom. The molecule has 0 unspecified atom stereocenters. The molecule has 0 atom stereocenters. The van der Waals surface area contributed by atoms with Crippen LogP contribution in [0.1, 0.15) is 40.4 Å². The Labute approximate surface area is 125 Å². The lowest BCUT2D eigenvalue weighted by Crippen LogP contribution is -2.10. The Bertz CT molecular complexity index is 570. The molecule has 0 radical (unpaired) electrons. The molecule has 0 saturated carbocycles. The van der Waals surface area contributed by atoms with Gasteiger partial charge in [-0.25, -0.2) is 0 Å². The molecule has 0 amide bonds. The van der Waals surface area contributed by atoms with Crippen molar-refractivity contribution < 1.29 is 4.79 Å². The van der Waals surface area contributed by atoms with Gasteiger partial charge in [0, 0.05) is 11.1 Å². The van der Waals surface area contributed by atoms with Crippen LogP contribution in [-0.2, 0) is 12.8 Å².